The molecule has 158 valence electrons. The molecule has 0 spiro atoms. The van der Waals surface area contributed by atoms with Gasteiger partial charge < -0.3 is 14.3 Å². The van der Waals surface area contributed by atoms with Gasteiger partial charge in [-0.25, -0.2) is 15.2 Å². The Morgan fingerprint density at radius 1 is 1.29 bits per heavy atom. The third-order valence-electron chi connectivity index (χ3n) is 5.61. The molecule has 0 amide bonds. The van der Waals surface area contributed by atoms with Crippen LogP contribution in [-0.2, 0) is 6.42 Å². The minimum atomic E-state index is -0.311. The van der Waals surface area contributed by atoms with Gasteiger partial charge in [0.05, 0.1) is 23.8 Å². The highest BCUT2D eigenvalue weighted by atomic mass is 19.1. The Labute approximate surface area is 178 Å². The second-order valence-electron chi connectivity index (χ2n) is 7.52. The number of nitrogens with zero attached hydrogens (tertiary/aromatic N) is 5. The molecule has 2 aliphatic rings. The van der Waals surface area contributed by atoms with Gasteiger partial charge >= 0.3 is 6.01 Å². The van der Waals surface area contributed by atoms with E-state index in [1.807, 2.05) is 25.2 Å². The molecule has 9 heteroatoms. The molecule has 0 aliphatic carbocycles. The first-order valence-corrected chi connectivity index (χ1v) is 10.1. The van der Waals surface area contributed by atoms with Gasteiger partial charge in [0.15, 0.2) is 0 Å². The number of halogens is 1. The number of fused-ring (bicyclic) bond motifs is 1. The van der Waals surface area contributed by atoms with Crippen molar-refractivity contribution in [3.8, 4) is 11.5 Å². The summed E-state index contributed by atoms with van der Waals surface area (Å²) in [6.07, 6.45) is 11.2. The molecule has 2 aromatic heterocycles. The summed E-state index contributed by atoms with van der Waals surface area (Å²) in [5.41, 5.74) is 4.62. The van der Waals surface area contributed by atoms with Crippen molar-refractivity contribution < 1.29 is 8.81 Å². The van der Waals surface area contributed by atoms with E-state index < -0.39 is 0 Å². The number of rotatable bonds is 4. The van der Waals surface area contributed by atoms with Crippen molar-refractivity contribution in [1.29, 1.82) is 0 Å². The average Bonchev–Trinajstić information content (AvgIpc) is 3.45. The van der Waals surface area contributed by atoms with Crippen LogP contribution in [0.3, 0.4) is 0 Å². The van der Waals surface area contributed by atoms with Crippen molar-refractivity contribution in [2.75, 3.05) is 11.4 Å². The highest BCUT2D eigenvalue weighted by Crippen LogP contribution is 2.35. The molecule has 8 nitrogen and oxygen atoms in total. The van der Waals surface area contributed by atoms with Crippen LogP contribution in [0, 0.1) is 5.82 Å². The van der Waals surface area contributed by atoms with Crippen molar-refractivity contribution >= 4 is 6.01 Å². The molecule has 2 aliphatic heterocycles. The zero-order chi connectivity index (χ0) is 21.4. The van der Waals surface area contributed by atoms with E-state index in [0.29, 0.717) is 30.4 Å². The van der Waals surface area contributed by atoms with E-state index in [4.69, 9.17) is 10.3 Å². The minimum absolute atomic E-state index is 0.0861. The van der Waals surface area contributed by atoms with Crippen molar-refractivity contribution in [3.05, 3.63) is 83.5 Å². The zero-order valence-electron chi connectivity index (χ0n) is 17.0. The Morgan fingerprint density at radius 3 is 2.97 bits per heavy atom. The predicted octanol–water partition coefficient (Wildman–Crippen LogP) is 3.63. The number of hydrogen-bond donors (Lipinski definition) is 2. The van der Waals surface area contributed by atoms with Crippen molar-refractivity contribution in [2.45, 2.75) is 25.8 Å². The Balaban J connectivity index is 1.44. The summed E-state index contributed by atoms with van der Waals surface area (Å²) in [5, 5.41) is 10.1. The predicted molar refractivity (Wildman–Crippen MR) is 114 cm³/mol. The SMILES string of the molecule is CC1=CC=C/C(=C/C[C@H]2c3nc[nH]c3CCN2c2nnc(-c3ccc(F)cc3)o2)N1N. The van der Waals surface area contributed by atoms with E-state index in [2.05, 4.69) is 31.1 Å². The molecule has 5 rings (SSSR count). The number of nitrogens with one attached hydrogen (secondary N) is 1. The van der Waals surface area contributed by atoms with E-state index in [0.717, 1.165) is 29.2 Å². The quantitative estimate of drug-likeness (QED) is 0.623. The fraction of sp³-hybridized carbons (Fsp3) is 0.227. The number of hydrazine groups is 1. The Morgan fingerprint density at radius 2 is 2.13 bits per heavy atom. The van der Waals surface area contributed by atoms with Crippen LogP contribution in [0.15, 0.2) is 70.7 Å². The maximum Gasteiger partial charge on any atom is 0.319 e. The molecule has 0 unspecified atom stereocenters. The van der Waals surface area contributed by atoms with Crippen LogP contribution in [-0.4, -0.2) is 31.7 Å². The van der Waals surface area contributed by atoms with Crippen LogP contribution in [0.2, 0.25) is 0 Å². The maximum atomic E-state index is 13.2. The van der Waals surface area contributed by atoms with Gasteiger partial charge in [-0.15, -0.1) is 5.10 Å². The lowest BCUT2D eigenvalue weighted by Gasteiger charge is -2.33. The normalized spacial score (nSPS) is 19.6. The molecule has 3 aromatic rings. The first-order valence-electron chi connectivity index (χ1n) is 10.1. The summed E-state index contributed by atoms with van der Waals surface area (Å²) in [5.74, 6) is 6.22. The molecule has 0 bridgehead atoms. The van der Waals surface area contributed by atoms with E-state index in [1.165, 1.54) is 12.1 Å². The number of H-pyrrole nitrogens is 1. The minimum Gasteiger partial charge on any atom is -0.403 e. The number of imidazole rings is 1. The van der Waals surface area contributed by atoms with E-state index in [1.54, 1.807) is 23.5 Å². The highest BCUT2D eigenvalue weighted by molar-refractivity contribution is 5.53. The van der Waals surface area contributed by atoms with Gasteiger partial charge in [0.1, 0.15) is 5.82 Å². The van der Waals surface area contributed by atoms with Crippen LogP contribution >= 0.6 is 0 Å². The molecule has 1 atom stereocenters. The summed E-state index contributed by atoms with van der Waals surface area (Å²) in [4.78, 5) is 9.85. The van der Waals surface area contributed by atoms with Crippen LogP contribution in [0.5, 0.6) is 0 Å². The topological polar surface area (TPSA) is 100 Å². The number of nitrogens with two attached hydrogens (primary N) is 1. The molecular formula is C22H22FN7O. The Bertz CT molecular complexity index is 1170. The molecule has 3 N–H and O–H groups in total. The average molecular weight is 419 g/mol. The second-order valence-corrected chi connectivity index (χ2v) is 7.52. The van der Waals surface area contributed by atoms with Gasteiger partial charge in [0.25, 0.3) is 0 Å². The Kier molecular flexibility index (Phi) is 4.87. The first kappa shape index (κ1) is 19.3. The third kappa shape index (κ3) is 3.64. The van der Waals surface area contributed by atoms with Crippen LogP contribution in [0.4, 0.5) is 10.4 Å². The molecule has 4 heterocycles. The number of aromatic amines is 1. The second kappa shape index (κ2) is 7.84. The van der Waals surface area contributed by atoms with Crippen molar-refractivity contribution in [3.63, 3.8) is 0 Å². The number of anilines is 1. The molecule has 0 fully saturated rings. The van der Waals surface area contributed by atoms with Gasteiger partial charge in [-0.05, 0) is 49.8 Å². The molecule has 1 aromatic carbocycles. The number of allylic oxidation sites excluding steroid dienone is 4. The highest BCUT2D eigenvalue weighted by Gasteiger charge is 2.32. The molecule has 0 saturated carbocycles. The van der Waals surface area contributed by atoms with Gasteiger partial charge in [-0.1, -0.05) is 17.3 Å². The summed E-state index contributed by atoms with van der Waals surface area (Å²) in [6.45, 7) is 2.67. The molecule has 31 heavy (non-hydrogen) atoms. The summed E-state index contributed by atoms with van der Waals surface area (Å²) < 4.78 is 19.2. The van der Waals surface area contributed by atoms with Crippen LogP contribution in [0.25, 0.3) is 11.5 Å². The van der Waals surface area contributed by atoms with Crippen LogP contribution < -0.4 is 10.7 Å². The summed E-state index contributed by atoms with van der Waals surface area (Å²) in [7, 11) is 0. The first-order chi connectivity index (χ1) is 15.1. The summed E-state index contributed by atoms with van der Waals surface area (Å²) >= 11 is 0. The molecule has 0 radical (unpaired) electrons. The van der Waals surface area contributed by atoms with Crippen LogP contribution in [0.1, 0.15) is 30.8 Å². The fourth-order valence-electron chi connectivity index (χ4n) is 3.91. The third-order valence-corrected chi connectivity index (χ3v) is 5.61. The standard InChI is InChI=1S/C22H22FN7O/c1-14-3-2-4-17(30(14)24)9-10-19-20-18(25-13-26-20)11-12-29(19)22-28-27-21(31-22)15-5-7-16(23)8-6-15/h2-9,13,19H,10-12,24H2,1H3,(H,25,26)/b17-9-/t19-/m0/s1. The zero-order valence-corrected chi connectivity index (χ0v) is 17.0. The monoisotopic (exact) mass is 419 g/mol. The lowest BCUT2D eigenvalue weighted by atomic mass is 9.99. The van der Waals surface area contributed by atoms with Crippen molar-refractivity contribution in [1.82, 2.24) is 25.2 Å². The molecule has 0 saturated heterocycles. The lowest BCUT2D eigenvalue weighted by Crippen LogP contribution is -2.36. The Hall–Kier alpha value is -3.72. The number of aromatic nitrogens is 4. The number of hydrogen-bond acceptors (Lipinski definition) is 7. The van der Waals surface area contributed by atoms with E-state index in [9.17, 15) is 4.39 Å². The molecular weight excluding hydrogens is 397 g/mol. The van der Waals surface area contributed by atoms with Crippen molar-refractivity contribution in [2.24, 2.45) is 5.84 Å². The maximum absolute atomic E-state index is 13.2. The van der Waals surface area contributed by atoms with Gasteiger partial charge in [-0.2, -0.15) is 0 Å². The fourth-order valence-corrected chi connectivity index (χ4v) is 3.91. The van der Waals surface area contributed by atoms with Gasteiger partial charge in [-0.3, -0.25) is 5.01 Å². The van der Waals surface area contributed by atoms with E-state index in [-0.39, 0.29) is 11.9 Å². The smallest absolute Gasteiger partial charge is 0.319 e. The summed E-state index contributed by atoms with van der Waals surface area (Å²) in [6, 6.07) is 6.32. The van der Waals surface area contributed by atoms with E-state index >= 15 is 0 Å². The van der Waals surface area contributed by atoms with Gasteiger partial charge in [0.2, 0.25) is 5.89 Å². The van der Waals surface area contributed by atoms with Gasteiger partial charge in [0, 0.05) is 29.9 Å². The lowest BCUT2D eigenvalue weighted by molar-refractivity contribution is 0.451. The number of benzene rings is 1. The largest absolute Gasteiger partial charge is 0.403 e.